The summed E-state index contributed by atoms with van der Waals surface area (Å²) in [5, 5.41) is 1.49. The molecule has 5 heteroatoms. The van der Waals surface area contributed by atoms with Crippen LogP contribution in [0.2, 0.25) is 0 Å². The van der Waals surface area contributed by atoms with Crippen molar-refractivity contribution in [1.29, 1.82) is 0 Å². The van der Waals surface area contributed by atoms with Crippen LogP contribution in [0.1, 0.15) is 0 Å². The average molecular weight is 236 g/mol. The van der Waals surface area contributed by atoms with Crippen LogP contribution in [-0.4, -0.2) is 15.5 Å². The van der Waals surface area contributed by atoms with E-state index in [1.807, 2.05) is 6.07 Å². The highest BCUT2D eigenvalue weighted by atomic mass is 32.2. The predicted octanol–water partition coefficient (Wildman–Crippen LogP) is 1.33. The molecule has 84 valence electrons. The molecule has 0 amide bonds. The van der Waals surface area contributed by atoms with Gasteiger partial charge in [0.1, 0.15) is 0 Å². The Hall–Kier alpha value is -1.59. The summed E-state index contributed by atoms with van der Waals surface area (Å²) in [6, 6.07) is 10.3. The molecule has 0 aromatic heterocycles. The molecule has 3 N–H and O–H groups in total. The number of anilines is 1. The number of sulfonamides is 1. The van der Waals surface area contributed by atoms with E-state index in [0.717, 1.165) is 5.39 Å². The van der Waals surface area contributed by atoms with E-state index in [1.165, 1.54) is 7.05 Å². The molecule has 0 aliphatic carbocycles. The van der Waals surface area contributed by atoms with E-state index >= 15 is 0 Å². The van der Waals surface area contributed by atoms with E-state index in [0.29, 0.717) is 11.1 Å². The number of fused-ring (bicyclic) bond motifs is 1. The second kappa shape index (κ2) is 3.77. The van der Waals surface area contributed by atoms with Crippen LogP contribution in [0.3, 0.4) is 0 Å². The molecule has 0 unspecified atom stereocenters. The van der Waals surface area contributed by atoms with Crippen molar-refractivity contribution in [2.75, 3.05) is 12.8 Å². The lowest BCUT2D eigenvalue weighted by atomic mass is 10.1. The Balaban J connectivity index is 2.82. The molecule has 0 saturated carbocycles. The van der Waals surface area contributed by atoms with Crippen molar-refractivity contribution in [2.45, 2.75) is 4.90 Å². The van der Waals surface area contributed by atoms with Gasteiger partial charge in [-0.05, 0) is 30.6 Å². The first-order chi connectivity index (χ1) is 7.54. The van der Waals surface area contributed by atoms with Crippen molar-refractivity contribution in [3.05, 3.63) is 36.4 Å². The summed E-state index contributed by atoms with van der Waals surface area (Å²) in [6.45, 7) is 0. The van der Waals surface area contributed by atoms with Gasteiger partial charge in [-0.15, -0.1) is 0 Å². The Morgan fingerprint density at radius 1 is 1.19 bits per heavy atom. The fourth-order valence-corrected chi connectivity index (χ4v) is 2.57. The molecule has 0 aliphatic rings. The van der Waals surface area contributed by atoms with Gasteiger partial charge in [0.15, 0.2) is 0 Å². The normalized spacial score (nSPS) is 11.8. The van der Waals surface area contributed by atoms with E-state index in [1.54, 1.807) is 30.3 Å². The number of benzene rings is 2. The minimum Gasteiger partial charge on any atom is -0.399 e. The van der Waals surface area contributed by atoms with Gasteiger partial charge in [0.2, 0.25) is 10.0 Å². The van der Waals surface area contributed by atoms with E-state index in [4.69, 9.17) is 5.73 Å². The van der Waals surface area contributed by atoms with Crippen LogP contribution >= 0.6 is 0 Å². The van der Waals surface area contributed by atoms with Crippen LogP contribution in [0.15, 0.2) is 41.3 Å². The number of nitrogens with two attached hydrogens (primary N) is 1. The molecule has 0 bridgehead atoms. The smallest absolute Gasteiger partial charge is 0.240 e. The predicted molar refractivity (Wildman–Crippen MR) is 64.6 cm³/mol. The summed E-state index contributed by atoms with van der Waals surface area (Å²) in [5.74, 6) is 0. The number of nitrogens with one attached hydrogen (secondary N) is 1. The Labute approximate surface area is 94.1 Å². The number of nitrogen functional groups attached to an aromatic ring is 1. The Morgan fingerprint density at radius 2 is 1.94 bits per heavy atom. The van der Waals surface area contributed by atoms with Gasteiger partial charge in [-0.25, -0.2) is 13.1 Å². The maximum absolute atomic E-state index is 11.8. The minimum atomic E-state index is -3.43. The van der Waals surface area contributed by atoms with Crippen LogP contribution in [0.25, 0.3) is 10.8 Å². The van der Waals surface area contributed by atoms with E-state index in [9.17, 15) is 8.42 Å². The molecule has 4 nitrogen and oxygen atoms in total. The van der Waals surface area contributed by atoms with Gasteiger partial charge in [0.25, 0.3) is 0 Å². The van der Waals surface area contributed by atoms with Crippen molar-refractivity contribution >= 4 is 26.5 Å². The zero-order chi connectivity index (χ0) is 11.8. The molecule has 0 saturated heterocycles. The lowest BCUT2D eigenvalue weighted by molar-refractivity contribution is 0.589. The molecule has 0 radical (unpaired) electrons. The number of hydrogen-bond acceptors (Lipinski definition) is 3. The maximum Gasteiger partial charge on any atom is 0.240 e. The highest BCUT2D eigenvalue weighted by Crippen LogP contribution is 2.24. The second-order valence-electron chi connectivity index (χ2n) is 3.44. The lowest BCUT2D eigenvalue weighted by Crippen LogP contribution is -2.18. The molecule has 0 aliphatic heterocycles. The van der Waals surface area contributed by atoms with Crippen LogP contribution < -0.4 is 10.5 Å². The molecule has 0 heterocycles. The summed E-state index contributed by atoms with van der Waals surface area (Å²) >= 11 is 0. The largest absolute Gasteiger partial charge is 0.399 e. The van der Waals surface area contributed by atoms with E-state index in [-0.39, 0.29) is 4.90 Å². The van der Waals surface area contributed by atoms with Crippen molar-refractivity contribution in [3.8, 4) is 0 Å². The lowest BCUT2D eigenvalue weighted by Gasteiger charge is -2.07. The number of hydrogen-bond donors (Lipinski definition) is 2. The van der Waals surface area contributed by atoms with Crippen molar-refractivity contribution in [1.82, 2.24) is 4.72 Å². The molecule has 16 heavy (non-hydrogen) atoms. The monoisotopic (exact) mass is 236 g/mol. The summed E-state index contributed by atoms with van der Waals surface area (Å²) in [4.78, 5) is 0.271. The third-order valence-corrected chi connectivity index (χ3v) is 3.90. The van der Waals surface area contributed by atoms with Gasteiger partial charge in [-0.1, -0.05) is 18.2 Å². The topological polar surface area (TPSA) is 72.2 Å². The van der Waals surface area contributed by atoms with Crippen molar-refractivity contribution < 1.29 is 8.42 Å². The van der Waals surface area contributed by atoms with E-state index < -0.39 is 10.0 Å². The Morgan fingerprint density at radius 3 is 2.62 bits per heavy atom. The molecular formula is C11H12N2O2S. The fourth-order valence-electron chi connectivity index (χ4n) is 1.62. The van der Waals surface area contributed by atoms with Gasteiger partial charge >= 0.3 is 0 Å². The summed E-state index contributed by atoms with van der Waals surface area (Å²) in [5.41, 5.74) is 6.27. The first-order valence-corrected chi connectivity index (χ1v) is 6.25. The van der Waals surface area contributed by atoms with Crippen LogP contribution in [0, 0.1) is 0 Å². The van der Waals surface area contributed by atoms with Crippen LogP contribution in [0.5, 0.6) is 0 Å². The van der Waals surface area contributed by atoms with Gasteiger partial charge in [0.05, 0.1) is 4.90 Å². The highest BCUT2D eigenvalue weighted by molar-refractivity contribution is 7.89. The first-order valence-electron chi connectivity index (χ1n) is 4.76. The van der Waals surface area contributed by atoms with E-state index in [2.05, 4.69) is 4.72 Å². The number of rotatable bonds is 2. The van der Waals surface area contributed by atoms with Gasteiger partial charge < -0.3 is 5.73 Å². The summed E-state index contributed by atoms with van der Waals surface area (Å²) in [7, 11) is -2.03. The Bertz CT molecular complexity index is 635. The fraction of sp³-hybridized carbons (Fsp3) is 0.0909. The minimum absolute atomic E-state index is 0.271. The van der Waals surface area contributed by atoms with Crippen LogP contribution in [-0.2, 0) is 10.0 Å². The molecule has 0 atom stereocenters. The molecular weight excluding hydrogens is 224 g/mol. The Kier molecular flexibility index (Phi) is 2.57. The first kappa shape index (κ1) is 10.9. The van der Waals surface area contributed by atoms with Crippen LogP contribution in [0.4, 0.5) is 5.69 Å². The third-order valence-electron chi connectivity index (χ3n) is 2.42. The van der Waals surface area contributed by atoms with Gasteiger partial charge in [-0.2, -0.15) is 0 Å². The average Bonchev–Trinajstić information content (AvgIpc) is 2.27. The standard InChI is InChI=1S/C11H12N2O2S/c1-13-16(14,15)11-4-2-3-8-7-9(12)5-6-10(8)11/h2-7,13H,12H2,1H3. The molecule has 2 aromatic rings. The highest BCUT2D eigenvalue weighted by Gasteiger charge is 2.14. The molecule has 0 spiro atoms. The third kappa shape index (κ3) is 1.75. The SMILES string of the molecule is CNS(=O)(=O)c1cccc2cc(N)ccc12. The van der Waals surface area contributed by atoms with Gasteiger partial charge in [-0.3, -0.25) is 0 Å². The van der Waals surface area contributed by atoms with Crippen molar-refractivity contribution in [3.63, 3.8) is 0 Å². The molecule has 2 aromatic carbocycles. The quantitative estimate of drug-likeness (QED) is 0.773. The molecule has 0 fully saturated rings. The maximum atomic E-state index is 11.8. The summed E-state index contributed by atoms with van der Waals surface area (Å²) in [6.07, 6.45) is 0. The molecule has 2 rings (SSSR count). The zero-order valence-electron chi connectivity index (χ0n) is 8.77. The second-order valence-corrected chi connectivity index (χ2v) is 5.30. The summed E-state index contributed by atoms with van der Waals surface area (Å²) < 4.78 is 25.8. The zero-order valence-corrected chi connectivity index (χ0v) is 9.58. The van der Waals surface area contributed by atoms with Crippen molar-refractivity contribution in [2.24, 2.45) is 0 Å². The van der Waals surface area contributed by atoms with Gasteiger partial charge in [0, 0.05) is 11.1 Å².